The Labute approximate surface area is 195 Å². The average Bonchev–Trinajstić information content (AvgIpc) is 3.10. The van der Waals surface area contributed by atoms with Gasteiger partial charge >= 0.3 is 5.97 Å². The fourth-order valence-corrected chi connectivity index (χ4v) is 4.37. The van der Waals surface area contributed by atoms with Crippen LogP contribution in [0.4, 0.5) is 0 Å². The van der Waals surface area contributed by atoms with Gasteiger partial charge in [0, 0.05) is 0 Å². The molecule has 0 aliphatic heterocycles. The highest BCUT2D eigenvalue weighted by Crippen LogP contribution is 2.32. The highest BCUT2D eigenvalue weighted by atomic mass is 35.5. The van der Waals surface area contributed by atoms with Crippen LogP contribution >= 0.6 is 22.9 Å². The van der Waals surface area contributed by atoms with E-state index < -0.39 is 5.97 Å². The Hall–Kier alpha value is -2.84. The number of hydrogen-bond donors (Lipinski definition) is 1. The molecule has 0 aliphatic rings. The Morgan fingerprint density at radius 2 is 2.03 bits per heavy atom. The number of benzene rings is 1. The van der Waals surface area contributed by atoms with Gasteiger partial charge in [-0.3, -0.25) is 4.79 Å². The summed E-state index contributed by atoms with van der Waals surface area (Å²) in [7, 11) is 2.87. The summed E-state index contributed by atoms with van der Waals surface area (Å²) in [5.41, 5.74) is 0.922. The van der Waals surface area contributed by atoms with E-state index in [4.69, 9.17) is 25.8 Å². The smallest absolute Gasteiger partial charge is 0.348 e. The number of ether oxygens (including phenoxy) is 3. The molecule has 170 valence electrons. The van der Waals surface area contributed by atoms with Gasteiger partial charge in [-0.1, -0.05) is 31.5 Å². The van der Waals surface area contributed by atoms with Gasteiger partial charge in [-0.15, -0.1) is 11.3 Å². The van der Waals surface area contributed by atoms with E-state index in [-0.39, 0.29) is 16.4 Å². The van der Waals surface area contributed by atoms with Gasteiger partial charge in [0.25, 0.3) is 5.56 Å². The molecule has 0 saturated carbocycles. The van der Waals surface area contributed by atoms with Crippen molar-refractivity contribution in [2.24, 2.45) is 5.92 Å². The number of carbonyl (C=O) groups is 1. The molecule has 0 amide bonds. The van der Waals surface area contributed by atoms with Crippen LogP contribution in [0.1, 0.15) is 46.9 Å². The van der Waals surface area contributed by atoms with Gasteiger partial charge in [0.15, 0.2) is 17.3 Å². The number of nitrogens with one attached hydrogen (secondary N) is 1. The summed E-state index contributed by atoms with van der Waals surface area (Å²) in [6.45, 7) is 6.57. The van der Waals surface area contributed by atoms with Crippen LogP contribution in [0, 0.1) is 12.8 Å². The molecule has 0 spiro atoms. The molecule has 0 bridgehead atoms. The number of fused-ring (bicyclic) bond motifs is 1. The third-order valence-corrected chi connectivity index (χ3v) is 6.29. The van der Waals surface area contributed by atoms with Gasteiger partial charge in [-0.05, 0) is 48.6 Å². The van der Waals surface area contributed by atoms with Gasteiger partial charge in [-0.25, -0.2) is 9.78 Å². The molecule has 0 unspecified atom stereocenters. The molecule has 3 aromatic rings. The van der Waals surface area contributed by atoms with E-state index in [1.54, 1.807) is 26.2 Å². The van der Waals surface area contributed by atoms with E-state index in [2.05, 4.69) is 23.8 Å². The maximum atomic E-state index is 12.6. The number of aromatic amines is 1. The Morgan fingerprint density at radius 3 is 2.69 bits per heavy atom. The molecule has 0 aliphatic carbocycles. The number of thiophene rings is 1. The summed E-state index contributed by atoms with van der Waals surface area (Å²) >= 11 is 7.57. The molecular weight excluding hydrogens is 452 g/mol. The maximum Gasteiger partial charge on any atom is 0.348 e. The first-order valence-corrected chi connectivity index (χ1v) is 11.2. The second-order valence-corrected chi connectivity index (χ2v) is 8.98. The molecular formula is C23H25ClN2O5S. The second-order valence-electron chi connectivity index (χ2n) is 7.58. The number of aryl methyl sites for hydroxylation is 1. The standard InChI is InChI=1S/C23H25ClN2O5S/c1-12(2)8-9-31-16-7-6-14(11-17(16)29-4)10-15(24)20-25-21(27)18-13(3)19(23(28)30-5)32-22(18)26-20/h6-7,10-12H,8-9H2,1-5H3,(H,25,26,27)/b15-10-. The molecule has 2 heterocycles. The zero-order chi connectivity index (χ0) is 23.4. The molecule has 0 fully saturated rings. The van der Waals surface area contributed by atoms with Crippen molar-refractivity contribution in [3.05, 3.63) is 50.4 Å². The SMILES string of the molecule is COC(=O)c1sc2nc(/C(Cl)=C/c3ccc(OCCC(C)C)c(OC)c3)[nH]c(=O)c2c1C. The molecule has 9 heteroatoms. The third-order valence-electron chi connectivity index (χ3n) is 4.83. The largest absolute Gasteiger partial charge is 0.493 e. The zero-order valence-electron chi connectivity index (χ0n) is 18.6. The molecule has 0 saturated heterocycles. The van der Waals surface area contributed by atoms with E-state index in [1.165, 1.54) is 7.11 Å². The predicted octanol–water partition coefficient (Wildman–Crippen LogP) is 5.25. The van der Waals surface area contributed by atoms with E-state index in [0.717, 1.165) is 23.3 Å². The van der Waals surface area contributed by atoms with Gasteiger partial charge < -0.3 is 19.2 Å². The maximum absolute atomic E-state index is 12.6. The summed E-state index contributed by atoms with van der Waals surface area (Å²) in [6.07, 6.45) is 2.62. The minimum atomic E-state index is -0.504. The van der Waals surface area contributed by atoms with Crippen LogP contribution in [0.2, 0.25) is 0 Å². The number of nitrogens with zero attached hydrogens (tertiary/aromatic N) is 1. The quantitative estimate of drug-likeness (QED) is 0.446. The van der Waals surface area contributed by atoms with Gasteiger partial charge in [-0.2, -0.15) is 0 Å². The van der Waals surface area contributed by atoms with Crippen molar-refractivity contribution in [3.8, 4) is 11.5 Å². The number of esters is 1. The number of methoxy groups -OCH3 is 2. The number of aromatic nitrogens is 2. The first-order chi connectivity index (χ1) is 15.2. The first kappa shape index (κ1) is 23.8. The van der Waals surface area contributed by atoms with Crippen molar-refractivity contribution in [2.45, 2.75) is 27.2 Å². The number of halogens is 1. The Kier molecular flexibility index (Phi) is 7.58. The fraction of sp³-hybridized carbons (Fsp3) is 0.348. The molecule has 1 aromatic carbocycles. The van der Waals surface area contributed by atoms with Crippen molar-refractivity contribution >= 4 is 50.2 Å². The zero-order valence-corrected chi connectivity index (χ0v) is 20.1. The summed E-state index contributed by atoms with van der Waals surface area (Å²) in [5, 5.41) is 0.596. The predicted molar refractivity (Wildman–Crippen MR) is 128 cm³/mol. The number of rotatable bonds is 8. The van der Waals surface area contributed by atoms with Crippen LogP contribution in [-0.2, 0) is 4.74 Å². The lowest BCUT2D eigenvalue weighted by Gasteiger charge is -2.12. The van der Waals surface area contributed by atoms with Crippen LogP contribution in [0.25, 0.3) is 21.3 Å². The van der Waals surface area contributed by atoms with E-state index in [1.807, 2.05) is 12.1 Å². The monoisotopic (exact) mass is 476 g/mol. The van der Waals surface area contributed by atoms with E-state index >= 15 is 0 Å². The first-order valence-electron chi connectivity index (χ1n) is 10.0. The van der Waals surface area contributed by atoms with E-state index in [0.29, 0.717) is 44.7 Å². The number of hydrogen-bond acceptors (Lipinski definition) is 7. The van der Waals surface area contributed by atoms with Crippen LogP contribution < -0.4 is 15.0 Å². The number of H-pyrrole nitrogens is 1. The lowest BCUT2D eigenvalue weighted by atomic mass is 10.1. The van der Waals surface area contributed by atoms with Crippen molar-refractivity contribution in [2.75, 3.05) is 20.8 Å². The van der Waals surface area contributed by atoms with Crippen molar-refractivity contribution < 1.29 is 19.0 Å². The van der Waals surface area contributed by atoms with Crippen molar-refractivity contribution in [3.63, 3.8) is 0 Å². The molecule has 1 N–H and O–H groups in total. The van der Waals surface area contributed by atoms with Crippen LogP contribution in [0.5, 0.6) is 11.5 Å². The van der Waals surface area contributed by atoms with Crippen LogP contribution in [0.15, 0.2) is 23.0 Å². The normalized spacial score (nSPS) is 11.8. The molecule has 3 rings (SSSR count). The summed E-state index contributed by atoms with van der Waals surface area (Å²) < 4.78 is 16.0. The topological polar surface area (TPSA) is 90.5 Å². The molecule has 2 aromatic heterocycles. The van der Waals surface area contributed by atoms with E-state index in [9.17, 15) is 9.59 Å². The fourth-order valence-electron chi connectivity index (χ4n) is 3.06. The Bertz CT molecular complexity index is 1230. The highest BCUT2D eigenvalue weighted by molar-refractivity contribution is 7.20. The Balaban J connectivity index is 1.92. The molecule has 32 heavy (non-hydrogen) atoms. The number of carbonyl (C=O) groups excluding carboxylic acids is 1. The summed E-state index contributed by atoms with van der Waals surface area (Å²) in [4.78, 5) is 32.5. The lowest BCUT2D eigenvalue weighted by Crippen LogP contribution is -2.10. The van der Waals surface area contributed by atoms with Crippen molar-refractivity contribution in [1.29, 1.82) is 0 Å². The minimum Gasteiger partial charge on any atom is -0.493 e. The second kappa shape index (κ2) is 10.2. The lowest BCUT2D eigenvalue weighted by molar-refractivity contribution is 0.0605. The molecule has 0 radical (unpaired) electrons. The Morgan fingerprint density at radius 1 is 1.28 bits per heavy atom. The highest BCUT2D eigenvalue weighted by Gasteiger charge is 2.20. The summed E-state index contributed by atoms with van der Waals surface area (Å²) in [5.74, 6) is 1.48. The van der Waals surface area contributed by atoms with Crippen LogP contribution in [0.3, 0.4) is 0 Å². The molecule has 0 atom stereocenters. The van der Waals surface area contributed by atoms with Gasteiger partial charge in [0.2, 0.25) is 0 Å². The van der Waals surface area contributed by atoms with Crippen molar-refractivity contribution in [1.82, 2.24) is 9.97 Å². The van der Waals surface area contributed by atoms with Crippen LogP contribution in [-0.4, -0.2) is 36.8 Å². The van der Waals surface area contributed by atoms with Gasteiger partial charge in [0.1, 0.15) is 9.71 Å². The summed E-state index contributed by atoms with van der Waals surface area (Å²) in [6, 6.07) is 5.46. The third kappa shape index (κ3) is 5.14. The average molecular weight is 477 g/mol. The molecule has 7 nitrogen and oxygen atoms in total. The van der Waals surface area contributed by atoms with Gasteiger partial charge in [0.05, 0.1) is 31.2 Å². The minimum absolute atomic E-state index is 0.207.